The Morgan fingerprint density at radius 2 is 1.81 bits per heavy atom. The number of rotatable bonds is 5. The summed E-state index contributed by atoms with van der Waals surface area (Å²) in [6, 6.07) is 8.11. The van der Waals surface area contributed by atoms with Gasteiger partial charge >= 0.3 is 17.9 Å². The third-order valence-electron chi connectivity index (χ3n) is 6.35. The van der Waals surface area contributed by atoms with Gasteiger partial charge in [0.25, 0.3) is 0 Å². The van der Waals surface area contributed by atoms with E-state index in [-0.39, 0.29) is 6.04 Å². The van der Waals surface area contributed by atoms with Crippen molar-refractivity contribution in [2.75, 3.05) is 27.9 Å². The van der Waals surface area contributed by atoms with Gasteiger partial charge in [0.1, 0.15) is 0 Å². The number of hydrogen-bond acceptors (Lipinski definition) is 7. The Morgan fingerprint density at radius 3 is 2.50 bits per heavy atom. The van der Waals surface area contributed by atoms with E-state index in [1.165, 1.54) is 38.4 Å². The van der Waals surface area contributed by atoms with Crippen LogP contribution in [0.25, 0.3) is 10.9 Å². The average Bonchev–Trinajstić information content (AvgIpc) is 3.21. The largest absolute Gasteiger partial charge is 0.468 e. The summed E-state index contributed by atoms with van der Waals surface area (Å²) in [7, 11) is 3.79. The van der Waals surface area contributed by atoms with Crippen LogP contribution in [0, 0.1) is 11.8 Å². The van der Waals surface area contributed by atoms with Gasteiger partial charge in [0, 0.05) is 41.3 Å². The number of allylic oxidation sites excluding steroid dienone is 2. The molecule has 32 heavy (non-hydrogen) atoms. The molecule has 0 saturated heterocycles. The van der Waals surface area contributed by atoms with E-state index in [9.17, 15) is 14.4 Å². The second-order valence-corrected chi connectivity index (χ2v) is 7.92. The van der Waals surface area contributed by atoms with Crippen LogP contribution >= 0.6 is 0 Å². The summed E-state index contributed by atoms with van der Waals surface area (Å²) in [5.41, 5.74) is 4.08. The average molecular weight is 438 g/mol. The summed E-state index contributed by atoms with van der Waals surface area (Å²) in [6.07, 6.45) is 6.16. The lowest BCUT2D eigenvalue weighted by Gasteiger charge is -2.42. The molecule has 1 N–H and O–H groups in total. The van der Waals surface area contributed by atoms with Gasteiger partial charge in [0.15, 0.2) is 5.92 Å². The molecule has 2 atom stereocenters. The van der Waals surface area contributed by atoms with Gasteiger partial charge < -0.3 is 24.1 Å². The fraction of sp³-hybridized carbons (Fsp3) is 0.375. The molecule has 1 aromatic heterocycles. The van der Waals surface area contributed by atoms with Crippen molar-refractivity contribution in [2.24, 2.45) is 11.8 Å². The first-order valence-electron chi connectivity index (χ1n) is 10.5. The van der Waals surface area contributed by atoms with Crippen molar-refractivity contribution >= 4 is 28.8 Å². The Morgan fingerprint density at radius 1 is 1.09 bits per heavy atom. The van der Waals surface area contributed by atoms with E-state index in [1.54, 1.807) is 6.08 Å². The molecule has 4 rings (SSSR count). The molecule has 0 fully saturated rings. The van der Waals surface area contributed by atoms with Gasteiger partial charge in [-0.15, -0.1) is 0 Å². The van der Waals surface area contributed by atoms with Crippen molar-refractivity contribution in [2.45, 2.75) is 18.9 Å². The van der Waals surface area contributed by atoms with Crippen LogP contribution in [0.4, 0.5) is 0 Å². The second kappa shape index (κ2) is 8.90. The van der Waals surface area contributed by atoms with E-state index >= 15 is 0 Å². The number of esters is 3. The lowest BCUT2D eigenvalue weighted by atomic mass is 9.76. The Balaban J connectivity index is 1.79. The number of carbonyl (C=O) groups is 3. The molecular formula is C24H26N2O6. The highest BCUT2D eigenvalue weighted by Crippen LogP contribution is 2.45. The van der Waals surface area contributed by atoms with Gasteiger partial charge in [-0.05, 0) is 30.0 Å². The predicted octanol–water partition coefficient (Wildman–Crippen LogP) is 2.66. The number of ether oxygens (including phenoxy) is 3. The summed E-state index contributed by atoms with van der Waals surface area (Å²) < 4.78 is 14.6. The number of hydrogen-bond donors (Lipinski definition) is 1. The Bertz CT molecular complexity index is 1100. The summed E-state index contributed by atoms with van der Waals surface area (Å²) >= 11 is 0. The number of para-hydroxylation sites is 1. The minimum absolute atomic E-state index is 0.0526. The molecule has 1 aromatic carbocycles. The molecular weight excluding hydrogens is 412 g/mol. The highest BCUT2D eigenvalue weighted by atomic mass is 16.5. The van der Waals surface area contributed by atoms with Crippen LogP contribution in [-0.4, -0.2) is 55.7 Å². The van der Waals surface area contributed by atoms with Crippen molar-refractivity contribution in [1.29, 1.82) is 0 Å². The van der Waals surface area contributed by atoms with E-state index in [0.717, 1.165) is 24.2 Å². The van der Waals surface area contributed by atoms with Crippen LogP contribution in [-0.2, 0) is 35.0 Å². The normalized spacial score (nSPS) is 20.0. The van der Waals surface area contributed by atoms with Crippen molar-refractivity contribution < 1.29 is 28.6 Å². The van der Waals surface area contributed by atoms with Gasteiger partial charge in [-0.2, -0.15) is 0 Å². The second-order valence-electron chi connectivity index (χ2n) is 7.92. The molecule has 0 amide bonds. The molecule has 8 nitrogen and oxygen atoms in total. The molecule has 0 spiro atoms. The minimum atomic E-state index is -1.14. The van der Waals surface area contributed by atoms with E-state index < -0.39 is 29.7 Å². The zero-order valence-electron chi connectivity index (χ0n) is 18.3. The first-order chi connectivity index (χ1) is 15.5. The molecule has 0 aliphatic carbocycles. The zero-order valence-corrected chi connectivity index (χ0v) is 18.3. The number of fused-ring (bicyclic) bond motifs is 5. The highest BCUT2D eigenvalue weighted by molar-refractivity contribution is 5.96. The number of carbonyl (C=O) groups excluding carboxylic acids is 3. The van der Waals surface area contributed by atoms with Gasteiger partial charge in [-0.1, -0.05) is 24.3 Å². The zero-order chi connectivity index (χ0) is 22.8. The number of nitrogens with zero attached hydrogens (tertiary/aromatic N) is 1. The van der Waals surface area contributed by atoms with Gasteiger partial charge in [0.2, 0.25) is 0 Å². The lowest BCUT2D eigenvalue weighted by Crippen LogP contribution is -2.42. The van der Waals surface area contributed by atoms with Crippen LogP contribution in [0.3, 0.4) is 0 Å². The summed E-state index contributed by atoms with van der Waals surface area (Å²) in [5, 5.41) is 1.19. The van der Waals surface area contributed by atoms with Crippen molar-refractivity contribution in [3.63, 3.8) is 0 Å². The molecule has 0 unspecified atom stereocenters. The standard InChI is InChI=1S/C24H26N2O6/c1-30-20(27)9-8-14-13-26-11-10-16-15-6-4-5-7-18(15)25-22(16)19(26)12-17(14)21(23(28)31-2)24(29)32-3/h4-9,13,17,19,21,25H,10-12H2,1-3H3/b9-8+/t17-,19+/m0/s1. The molecule has 3 heterocycles. The lowest BCUT2D eigenvalue weighted by molar-refractivity contribution is -0.161. The monoisotopic (exact) mass is 438 g/mol. The van der Waals surface area contributed by atoms with E-state index in [1.807, 2.05) is 24.4 Å². The Hall–Kier alpha value is -3.55. The predicted molar refractivity (Wildman–Crippen MR) is 116 cm³/mol. The fourth-order valence-electron chi connectivity index (χ4n) is 4.81. The number of H-pyrrole nitrogens is 1. The van der Waals surface area contributed by atoms with E-state index in [0.29, 0.717) is 12.0 Å². The van der Waals surface area contributed by atoms with Crippen LogP contribution in [0.5, 0.6) is 0 Å². The molecule has 168 valence electrons. The number of benzene rings is 1. The van der Waals surface area contributed by atoms with Crippen LogP contribution in [0.1, 0.15) is 23.7 Å². The van der Waals surface area contributed by atoms with Gasteiger partial charge in [-0.3, -0.25) is 9.59 Å². The van der Waals surface area contributed by atoms with E-state index in [4.69, 9.17) is 14.2 Å². The Kier molecular flexibility index (Phi) is 6.03. The molecule has 8 heteroatoms. The van der Waals surface area contributed by atoms with Gasteiger partial charge in [0.05, 0.1) is 27.4 Å². The smallest absolute Gasteiger partial charge is 0.330 e. The Labute approximate surface area is 185 Å². The first-order valence-corrected chi connectivity index (χ1v) is 10.5. The summed E-state index contributed by atoms with van der Waals surface area (Å²) in [5.74, 6) is -3.53. The minimum Gasteiger partial charge on any atom is -0.468 e. The van der Waals surface area contributed by atoms with Crippen LogP contribution in [0.15, 0.2) is 48.2 Å². The first kappa shape index (κ1) is 21.7. The van der Waals surface area contributed by atoms with Crippen molar-refractivity contribution in [3.8, 4) is 0 Å². The molecule has 0 bridgehead atoms. The van der Waals surface area contributed by atoms with Crippen LogP contribution in [0.2, 0.25) is 0 Å². The van der Waals surface area contributed by atoms with Crippen molar-refractivity contribution in [1.82, 2.24) is 9.88 Å². The van der Waals surface area contributed by atoms with Crippen LogP contribution < -0.4 is 0 Å². The number of aromatic nitrogens is 1. The van der Waals surface area contributed by atoms with Crippen molar-refractivity contribution in [3.05, 3.63) is 59.4 Å². The maximum atomic E-state index is 12.6. The summed E-state index contributed by atoms with van der Waals surface area (Å²) in [6.45, 7) is 0.781. The quantitative estimate of drug-likeness (QED) is 0.332. The maximum absolute atomic E-state index is 12.6. The molecule has 2 aromatic rings. The summed E-state index contributed by atoms with van der Waals surface area (Å²) in [4.78, 5) is 42.7. The number of aromatic amines is 1. The molecule has 0 radical (unpaired) electrons. The third kappa shape index (κ3) is 3.77. The fourth-order valence-corrected chi connectivity index (χ4v) is 4.81. The molecule has 2 aliphatic heterocycles. The molecule has 2 aliphatic rings. The maximum Gasteiger partial charge on any atom is 0.330 e. The van der Waals surface area contributed by atoms with Gasteiger partial charge in [-0.25, -0.2) is 4.79 Å². The van der Waals surface area contributed by atoms with E-state index in [2.05, 4.69) is 16.0 Å². The SMILES string of the molecule is COC(=O)/C=C/C1=CN2CCc3c([nH]c4ccccc34)[C@H]2C[C@@H]1C(C(=O)OC)C(=O)OC. The number of methoxy groups -OCH3 is 3. The molecule has 0 saturated carbocycles. The topological polar surface area (TPSA) is 97.9 Å². The third-order valence-corrected chi connectivity index (χ3v) is 6.35. The number of nitrogens with one attached hydrogen (secondary N) is 1. The highest BCUT2D eigenvalue weighted by Gasteiger charge is 2.44.